The molecule has 0 aromatic heterocycles. The SMILES string of the molecule is CCOC1CC(CCNCC(F)(F)F)C1. The largest absolute Gasteiger partial charge is 0.401 e. The van der Waals surface area contributed by atoms with E-state index in [2.05, 4.69) is 5.32 Å². The van der Waals surface area contributed by atoms with Gasteiger partial charge in [0, 0.05) is 6.61 Å². The van der Waals surface area contributed by atoms with Gasteiger partial charge in [0.15, 0.2) is 0 Å². The molecule has 0 spiro atoms. The Hall–Kier alpha value is -0.290. The summed E-state index contributed by atoms with van der Waals surface area (Å²) < 4.78 is 40.6. The molecule has 0 radical (unpaired) electrons. The van der Waals surface area contributed by atoms with Crippen molar-refractivity contribution in [3.8, 4) is 0 Å². The van der Waals surface area contributed by atoms with Gasteiger partial charge in [-0.3, -0.25) is 0 Å². The molecule has 5 heteroatoms. The van der Waals surface area contributed by atoms with Crippen molar-refractivity contribution in [3.63, 3.8) is 0 Å². The highest BCUT2D eigenvalue weighted by atomic mass is 19.4. The number of rotatable bonds is 6. The molecule has 15 heavy (non-hydrogen) atoms. The van der Waals surface area contributed by atoms with Crippen LogP contribution in [0, 0.1) is 5.92 Å². The van der Waals surface area contributed by atoms with Gasteiger partial charge < -0.3 is 10.1 Å². The Morgan fingerprint density at radius 3 is 2.53 bits per heavy atom. The zero-order valence-electron chi connectivity index (χ0n) is 8.94. The Morgan fingerprint density at radius 1 is 1.33 bits per heavy atom. The molecule has 2 nitrogen and oxygen atoms in total. The standard InChI is InChI=1S/C10H18F3NO/c1-2-15-9-5-8(6-9)3-4-14-7-10(11,12)13/h8-9,14H,2-7H2,1H3. The number of ether oxygens (including phenoxy) is 1. The highest BCUT2D eigenvalue weighted by molar-refractivity contribution is 4.80. The van der Waals surface area contributed by atoms with E-state index in [1.807, 2.05) is 6.92 Å². The lowest BCUT2D eigenvalue weighted by Gasteiger charge is -2.35. The van der Waals surface area contributed by atoms with Crippen LogP contribution in [0.2, 0.25) is 0 Å². The average molecular weight is 225 g/mol. The maximum absolute atomic E-state index is 11.8. The summed E-state index contributed by atoms with van der Waals surface area (Å²) in [7, 11) is 0. The molecule has 0 atom stereocenters. The van der Waals surface area contributed by atoms with Crippen molar-refractivity contribution in [2.45, 2.75) is 38.5 Å². The number of hydrogen-bond donors (Lipinski definition) is 1. The minimum atomic E-state index is -4.09. The highest BCUT2D eigenvalue weighted by Gasteiger charge is 2.30. The van der Waals surface area contributed by atoms with E-state index < -0.39 is 12.7 Å². The van der Waals surface area contributed by atoms with Crippen LogP contribution in [0.3, 0.4) is 0 Å². The lowest BCUT2D eigenvalue weighted by Crippen LogP contribution is -2.35. The van der Waals surface area contributed by atoms with Gasteiger partial charge in [-0.25, -0.2) is 0 Å². The van der Waals surface area contributed by atoms with Crippen molar-refractivity contribution >= 4 is 0 Å². The first-order chi connectivity index (χ1) is 7.01. The molecular weight excluding hydrogens is 207 g/mol. The zero-order valence-corrected chi connectivity index (χ0v) is 8.94. The summed E-state index contributed by atoms with van der Waals surface area (Å²) in [6.45, 7) is 2.25. The van der Waals surface area contributed by atoms with Crippen LogP contribution in [-0.2, 0) is 4.74 Å². The lowest BCUT2D eigenvalue weighted by atomic mass is 9.80. The molecule has 1 aliphatic carbocycles. The summed E-state index contributed by atoms with van der Waals surface area (Å²) in [5.41, 5.74) is 0. The molecule has 90 valence electrons. The number of halogens is 3. The van der Waals surface area contributed by atoms with Crippen molar-refractivity contribution in [1.29, 1.82) is 0 Å². The smallest absolute Gasteiger partial charge is 0.378 e. The molecule has 1 saturated carbocycles. The molecule has 0 aliphatic heterocycles. The first kappa shape index (κ1) is 12.8. The number of alkyl halides is 3. The van der Waals surface area contributed by atoms with Crippen LogP contribution in [-0.4, -0.2) is 32.0 Å². The van der Waals surface area contributed by atoms with Crippen molar-refractivity contribution in [3.05, 3.63) is 0 Å². The summed E-state index contributed by atoms with van der Waals surface area (Å²) in [6, 6.07) is 0. The fourth-order valence-corrected chi connectivity index (χ4v) is 1.82. The third kappa shape index (κ3) is 5.37. The predicted octanol–water partition coefficient (Wildman–Crippen LogP) is 2.34. The van der Waals surface area contributed by atoms with Crippen LogP contribution < -0.4 is 5.32 Å². The summed E-state index contributed by atoms with van der Waals surface area (Å²) >= 11 is 0. The Balaban J connectivity index is 1.91. The van der Waals surface area contributed by atoms with E-state index in [4.69, 9.17) is 4.74 Å². The minimum absolute atomic E-state index is 0.350. The quantitative estimate of drug-likeness (QED) is 0.700. The van der Waals surface area contributed by atoms with Gasteiger partial charge in [0.25, 0.3) is 0 Å². The monoisotopic (exact) mass is 225 g/mol. The summed E-state index contributed by atoms with van der Waals surface area (Å²) in [4.78, 5) is 0. The lowest BCUT2D eigenvalue weighted by molar-refractivity contribution is -0.125. The van der Waals surface area contributed by atoms with E-state index in [-0.39, 0.29) is 0 Å². The van der Waals surface area contributed by atoms with Crippen LogP contribution in [0.5, 0.6) is 0 Å². The van der Waals surface area contributed by atoms with E-state index in [0.717, 1.165) is 25.9 Å². The summed E-state index contributed by atoms with van der Waals surface area (Å²) in [5, 5.41) is 2.41. The van der Waals surface area contributed by atoms with E-state index in [1.54, 1.807) is 0 Å². The second-order valence-electron chi connectivity index (χ2n) is 4.00. The van der Waals surface area contributed by atoms with E-state index in [9.17, 15) is 13.2 Å². The fraction of sp³-hybridized carbons (Fsp3) is 1.00. The van der Waals surface area contributed by atoms with Gasteiger partial charge in [0.05, 0.1) is 12.6 Å². The van der Waals surface area contributed by atoms with Gasteiger partial charge in [-0.05, 0) is 38.6 Å². The minimum Gasteiger partial charge on any atom is -0.378 e. The fourth-order valence-electron chi connectivity index (χ4n) is 1.82. The van der Waals surface area contributed by atoms with Gasteiger partial charge >= 0.3 is 6.18 Å². The maximum atomic E-state index is 11.8. The van der Waals surface area contributed by atoms with Crippen LogP contribution in [0.15, 0.2) is 0 Å². The third-order valence-corrected chi connectivity index (χ3v) is 2.65. The van der Waals surface area contributed by atoms with Gasteiger partial charge in [0.1, 0.15) is 0 Å². The zero-order chi connectivity index (χ0) is 11.3. The van der Waals surface area contributed by atoms with Crippen molar-refractivity contribution in [2.24, 2.45) is 5.92 Å². The Labute approximate surface area is 88.2 Å². The predicted molar refractivity (Wildman–Crippen MR) is 51.7 cm³/mol. The first-order valence-electron chi connectivity index (χ1n) is 5.40. The van der Waals surface area contributed by atoms with Gasteiger partial charge in [0.2, 0.25) is 0 Å². The highest BCUT2D eigenvalue weighted by Crippen LogP contribution is 2.32. The maximum Gasteiger partial charge on any atom is 0.401 e. The van der Waals surface area contributed by atoms with E-state index in [1.165, 1.54) is 0 Å². The molecule has 1 fully saturated rings. The molecule has 1 aliphatic rings. The summed E-state index contributed by atoms with van der Waals surface area (Å²) in [5.74, 6) is 0.544. The van der Waals surface area contributed by atoms with Crippen molar-refractivity contribution in [1.82, 2.24) is 5.32 Å². The molecule has 1 N–H and O–H groups in total. The molecule has 1 rings (SSSR count). The van der Waals surface area contributed by atoms with Crippen LogP contribution in [0.4, 0.5) is 13.2 Å². The van der Waals surface area contributed by atoms with Crippen LogP contribution in [0.1, 0.15) is 26.2 Å². The third-order valence-electron chi connectivity index (χ3n) is 2.65. The second kappa shape index (κ2) is 5.70. The van der Waals surface area contributed by atoms with Crippen LogP contribution >= 0.6 is 0 Å². The average Bonchev–Trinajstić information content (AvgIpc) is 2.05. The van der Waals surface area contributed by atoms with Gasteiger partial charge in [-0.2, -0.15) is 13.2 Å². The van der Waals surface area contributed by atoms with Gasteiger partial charge in [-0.15, -0.1) is 0 Å². The first-order valence-corrected chi connectivity index (χ1v) is 5.40. The molecule has 0 aromatic rings. The Morgan fingerprint density at radius 2 is 2.00 bits per heavy atom. The molecule has 0 unspecified atom stereocenters. The number of nitrogens with one attached hydrogen (secondary N) is 1. The van der Waals surface area contributed by atoms with E-state index >= 15 is 0 Å². The molecule has 0 aromatic carbocycles. The topological polar surface area (TPSA) is 21.3 Å². The molecule has 0 saturated heterocycles. The van der Waals surface area contributed by atoms with E-state index in [0.29, 0.717) is 18.6 Å². The Bertz CT molecular complexity index is 178. The summed E-state index contributed by atoms with van der Waals surface area (Å²) in [6.07, 6.45) is -0.918. The molecule has 0 amide bonds. The second-order valence-corrected chi connectivity index (χ2v) is 4.00. The van der Waals surface area contributed by atoms with Crippen molar-refractivity contribution < 1.29 is 17.9 Å². The van der Waals surface area contributed by atoms with Gasteiger partial charge in [-0.1, -0.05) is 0 Å². The molecule has 0 bridgehead atoms. The normalized spacial score (nSPS) is 26.4. The van der Waals surface area contributed by atoms with Crippen LogP contribution in [0.25, 0.3) is 0 Å². The number of hydrogen-bond acceptors (Lipinski definition) is 2. The van der Waals surface area contributed by atoms with Crippen molar-refractivity contribution in [2.75, 3.05) is 19.7 Å². The Kier molecular flexibility index (Phi) is 4.86. The molecular formula is C10H18F3NO. The molecule has 0 heterocycles.